The number of nitrogens with zero attached hydrogens (tertiary/aromatic N) is 1. The molecule has 1 atom stereocenters. The first-order valence-electron chi connectivity index (χ1n) is 10.8. The molecule has 2 aliphatic rings. The molecule has 0 saturated carbocycles. The van der Waals surface area contributed by atoms with Gasteiger partial charge in [0.2, 0.25) is 0 Å². The molecule has 0 unspecified atom stereocenters. The highest BCUT2D eigenvalue weighted by Gasteiger charge is 2.40. The summed E-state index contributed by atoms with van der Waals surface area (Å²) in [5.41, 5.74) is 1.80. The van der Waals surface area contributed by atoms with Gasteiger partial charge in [-0.3, -0.25) is 4.90 Å². The van der Waals surface area contributed by atoms with Gasteiger partial charge in [0, 0.05) is 19.7 Å². The molecule has 0 aliphatic carbocycles. The summed E-state index contributed by atoms with van der Waals surface area (Å²) in [6.45, 7) is 12.8. The second-order valence-corrected chi connectivity index (χ2v) is 9.00. The number of hydrogen-bond acceptors (Lipinski definition) is 4. The largest absolute Gasteiger partial charge is 0.379 e. The average molecular weight is 375 g/mol. The molecule has 1 aromatic carbocycles. The number of morpholine rings is 1. The summed E-state index contributed by atoms with van der Waals surface area (Å²) in [6.07, 6.45) is 5.92. The lowest BCUT2D eigenvalue weighted by molar-refractivity contribution is -0.107. The third-order valence-electron chi connectivity index (χ3n) is 6.11. The number of nitrogens with one attached hydrogen (secondary N) is 1. The first-order valence-corrected chi connectivity index (χ1v) is 10.8. The Kier molecular flexibility index (Phi) is 7.71. The molecule has 0 bridgehead atoms. The van der Waals surface area contributed by atoms with Crippen molar-refractivity contribution in [2.75, 3.05) is 52.5 Å². The Morgan fingerprint density at radius 2 is 1.81 bits per heavy atom. The normalized spacial score (nSPS) is 26.1. The summed E-state index contributed by atoms with van der Waals surface area (Å²) >= 11 is 0. The first-order chi connectivity index (χ1) is 13.1. The highest BCUT2D eigenvalue weighted by molar-refractivity contribution is 5.17. The van der Waals surface area contributed by atoms with Crippen molar-refractivity contribution in [2.45, 2.75) is 51.6 Å². The van der Waals surface area contributed by atoms with Gasteiger partial charge in [-0.2, -0.15) is 0 Å². The average Bonchev–Trinajstić information content (AvgIpc) is 2.65. The van der Waals surface area contributed by atoms with Crippen molar-refractivity contribution in [1.82, 2.24) is 10.2 Å². The molecule has 0 amide bonds. The molecule has 0 radical (unpaired) electrons. The second-order valence-electron chi connectivity index (χ2n) is 9.00. The molecule has 2 heterocycles. The lowest BCUT2D eigenvalue weighted by Crippen LogP contribution is -2.44. The molecule has 1 N–H and O–H groups in total. The van der Waals surface area contributed by atoms with Crippen molar-refractivity contribution in [3.63, 3.8) is 0 Å². The maximum atomic E-state index is 6.03. The van der Waals surface area contributed by atoms with Crippen molar-refractivity contribution in [2.24, 2.45) is 5.41 Å². The minimum Gasteiger partial charge on any atom is -0.379 e. The van der Waals surface area contributed by atoms with Crippen LogP contribution in [0.5, 0.6) is 0 Å². The summed E-state index contributed by atoms with van der Waals surface area (Å²) in [6, 6.07) is 11.0. The maximum absolute atomic E-state index is 6.03. The molecule has 2 aliphatic heterocycles. The fourth-order valence-electron chi connectivity index (χ4n) is 4.80. The molecule has 1 aromatic rings. The highest BCUT2D eigenvalue weighted by Crippen LogP contribution is 2.43. The Morgan fingerprint density at radius 3 is 2.56 bits per heavy atom. The van der Waals surface area contributed by atoms with E-state index in [-0.39, 0.29) is 5.60 Å². The summed E-state index contributed by atoms with van der Waals surface area (Å²) in [7, 11) is 0. The Bertz CT molecular complexity index is 543. The van der Waals surface area contributed by atoms with Crippen molar-refractivity contribution < 1.29 is 9.47 Å². The minimum absolute atomic E-state index is 0.0106. The van der Waals surface area contributed by atoms with Crippen LogP contribution in [0.2, 0.25) is 0 Å². The molecule has 3 rings (SSSR count). The Hall–Kier alpha value is -0.940. The summed E-state index contributed by atoms with van der Waals surface area (Å²) in [5, 5.41) is 3.71. The van der Waals surface area contributed by atoms with Gasteiger partial charge in [-0.15, -0.1) is 0 Å². The van der Waals surface area contributed by atoms with Crippen molar-refractivity contribution in [3.05, 3.63) is 35.9 Å². The summed E-state index contributed by atoms with van der Waals surface area (Å²) < 4.78 is 11.5. The molecule has 27 heavy (non-hydrogen) atoms. The predicted molar refractivity (Wildman–Crippen MR) is 111 cm³/mol. The quantitative estimate of drug-likeness (QED) is 0.671. The molecule has 4 heteroatoms. The van der Waals surface area contributed by atoms with Gasteiger partial charge in [-0.1, -0.05) is 30.3 Å². The SMILES string of the molecule is CC1(C)C[C@@](CCNCCCN2CCOCC2)(Cc2ccccc2)CCO1. The number of benzene rings is 1. The zero-order valence-corrected chi connectivity index (χ0v) is 17.3. The van der Waals surface area contributed by atoms with Gasteiger partial charge >= 0.3 is 0 Å². The number of rotatable bonds is 9. The minimum atomic E-state index is -0.0106. The van der Waals surface area contributed by atoms with Crippen LogP contribution in [0, 0.1) is 5.41 Å². The van der Waals surface area contributed by atoms with Gasteiger partial charge in [0.05, 0.1) is 18.8 Å². The summed E-state index contributed by atoms with van der Waals surface area (Å²) in [4.78, 5) is 2.52. The molecule has 2 fully saturated rings. The monoisotopic (exact) mass is 374 g/mol. The fraction of sp³-hybridized carbons (Fsp3) is 0.739. The molecule has 0 spiro atoms. The van der Waals surface area contributed by atoms with Crippen LogP contribution in [-0.2, 0) is 15.9 Å². The third-order valence-corrected chi connectivity index (χ3v) is 6.11. The van der Waals surface area contributed by atoms with E-state index in [1.807, 2.05) is 0 Å². The van der Waals surface area contributed by atoms with E-state index in [0.717, 1.165) is 58.8 Å². The van der Waals surface area contributed by atoms with E-state index in [2.05, 4.69) is 54.4 Å². The van der Waals surface area contributed by atoms with Crippen molar-refractivity contribution in [3.8, 4) is 0 Å². The van der Waals surface area contributed by atoms with Gasteiger partial charge in [0.25, 0.3) is 0 Å². The number of ether oxygens (including phenoxy) is 2. The zero-order chi connectivity index (χ0) is 19.0. The lowest BCUT2D eigenvalue weighted by atomic mass is 9.68. The Balaban J connectivity index is 1.45. The van der Waals surface area contributed by atoms with Gasteiger partial charge in [0.1, 0.15) is 0 Å². The lowest BCUT2D eigenvalue weighted by Gasteiger charge is -2.45. The van der Waals surface area contributed by atoms with Crippen LogP contribution in [0.25, 0.3) is 0 Å². The molecular formula is C23H38N2O2. The first kappa shape index (κ1) is 20.8. The van der Waals surface area contributed by atoms with Crippen LogP contribution < -0.4 is 5.32 Å². The molecule has 2 saturated heterocycles. The molecular weight excluding hydrogens is 336 g/mol. The summed E-state index contributed by atoms with van der Waals surface area (Å²) in [5.74, 6) is 0. The van der Waals surface area contributed by atoms with E-state index < -0.39 is 0 Å². The molecule has 4 nitrogen and oxygen atoms in total. The third kappa shape index (κ3) is 6.86. The van der Waals surface area contributed by atoms with E-state index in [1.165, 1.54) is 31.4 Å². The van der Waals surface area contributed by atoms with Gasteiger partial charge in [-0.25, -0.2) is 0 Å². The van der Waals surface area contributed by atoms with E-state index in [4.69, 9.17) is 9.47 Å². The molecule has 0 aromatic heterocycles. The van der Waals surface area contributed by atoms with Gasteiger partial charge in [-0.05, 0) is 76.6 Å². The predicted octanol–water partition coefficient (Wildman–Crippen LogP) is 3.51. The van der Waals surface area contributed by atoms with E-state index in [1.54, 1.807) is 0 Å². The van der Waals surface area contributed by atoms with Crippen LogP contribution in [0.3, 0.4) is 0 Å². The van der Waals surface area contributed by atoms with E-state index in [0.29, 0.717) is 5.41 Å². The smallest absolute Gasteiger partial charge is 0.0631 e. The van der Waals surface area contributed by atoms with E-state index >= 15 is 0 Å². The van der Waals surface area contributed by atoms with Crippen LogP contribution >= 0.6 is 0 Å². The fourth-order valence-corrected chi connectivity index (χ4v) is 4.80. The van der Waals surface area contributed by atoms with Crippen LogP contribution in [0.4, 0.5) is 0 Å². The Labute approximate surface area is 165 Å². The maximum Gasteiger partial charge on any atom is 0.0631 e. The van der Waals surface area contributed by atoms with Crippen molar-refractivity contribution >= 4 is 0 Å². The standard InChI is InChI=1S/C23H38N2O2/c1-22(2)20-23(10-16-27-22,19-21-7-4-3-5-8-21)9-12-24-11-6-13-25-14-17-26-18-15-25/h3-5,7-8,24H,6,9-20H2,1-2H3/t23-/m1/s1. The number of hydrogen-bond donors (Lipinski definition) is 1. The molecule has 152 valence electrons. The zero-order valence-electron chi connectivity index (χ0n) is 17.3. The van der Waals surface area contributed by atoms with Crippen LogP contribution in [-0.4, -0.2) is 63.0 Å². The van der Waals surface area contributed by atoms with Crippen LogP contribution in [0.15, 0.2) is 30.3 Å². The second kappa shape index (κ2) is 10.0. The topological polar surface area (TPSA) is 33.7 Å². The van der Waals surface area contributed by atoms with Gasteiger partial charge < -0.3 is 14.8 Å². The Morgan fingerprint density at radius 1 is 1.04 bits per heavy atom. The van der Waals surface area contributed by atoms with Gasteiger partial charge in [0.15, 0.2) is 0 Å². The van der Waals surface area contributed by atoms with Crippen molar-refractivity contribution in [1.29, 1.82) is 0 Å². The van der Waals surface area contributed by atoms with Crippen LogP contribution in [0.1, 0.15) is 45.1 Å². The van der Waals surface area contributed by atoms with E-state index in [9.17, 15) is 0 Å². The highest BCUT2D eigenvalue weighted by atomic mass is 16.5.